The van der Waals surface area contributed by atoms with E-state index in [2.05, 4.69) is 28.4 Å². The van der Waals surface area contributed by atoms with Crippen molar-refractivity contribution >= 4 is 22.5 Å². The van der Waals surface area contributed by atoms with Crippen LogP contribution in [0.5, 0.6) is 5.75 Å². The Balaban J connectivity index is 1.59. The number of rotatable bonds is 6. The van der Waals surface area contributed by atoms with Gasteiger partial charge in [0.15, 0.2) is 11.0 Å². The van der Waals surface area contributed by atoms with Crippen LogP contribution in [0.3, 0.4) is 0 Å². The normalized spacial score (nSPS) is 11.0. The second-order valence-corrected chi connectivity index (χ2v) is 5.85. The first-order valence-corrected chi connectivity index (χ1v) is 8.00. The van der Waals surface area contributed by atoms with Crippen molar-refractivity contribution in [1.82, 2.24) is 14.8 Å². The van der Waals surface area contributed by atoms with E-state index in [1.807, 2.05) is 31.3 Å². The summed E-state index contributed by atoms with van der Waals surface area (Å²) in [6.07, 6.45) is 0. The summed E-state index contributed by atoms with van der Waals surface area (Å²) < 4.78 is 7.68. The zero-order valence-corrected chi connectivity index (χ0v) is 13.1. The summed E-state index contributed by atoms with van der Waals surface area (Å²) in [5.74, 6) is 2.23. The van der Waals surface area contributed by atoms with Crippen molar-refractivity contribution in [2.45, 2.75) is 11.8 Å². The third kappa shape index (κ3) is 3.08. The van der Waals surface area contributed by atoms with Gasteiger partial charge in [0.05, 0.1) is 6.61 Å². The molecule has 3 rings (SSSR count). The molecule has 0 aliphatic carbocycles. The number of aliphatic hydroxyl groups is 1. The van der Waals surface area contributed by atoms with E-state index in [0.29, 0.717) is 12.4 Å². The summed E-state index contributed by atoms with van der Waals surface area (Å²) in [7, 11) is 1.85. The highest BCUT2D eigenvalue weighted by atomic mass is 32.2. The van der Waals surface area contributed by atoms with E-state index >= 15 is 0 Å². The van der Waals surface area contributed by atoms with E-state index in [1.54, 1.807) is 16.3 Å². The highest BCUT2D eigenvalue weighted by Crippen LogP contribution is 2.25. The van der Waals surface area contributed by atoms with E-state index < -0.39 is 0 Å². The second-order valence-electron chi connectivity index (χ2n) is 4.79. The number of thioether (sulfide) groups is 1. The SMILES string of the molecule is Cn1c(CO)nnc1SCCOc1cccc2ccccc12. The maximum Gasteiger partial charge on any atom is 0.191 e. The fourth-order valence-corrected chi connectivity index (χ4v) is 2.96. The molecule has 0 unspecified atom stereocenters. The molecule has 0 atom stereocenters. The van der Waals surface area contributed by atoms with Crippen molar-refractivity contribution in [3.8, 4) is 5.75 Å². The van der Waals surface area contributed by atoms with Gasteiger partial charge in [-0.2, -0.15) is 0 Å². The van der Waals surface area contributed by atoms with Crippen molar-refractivity contribution in [1.29, 1.82) is 0 Å². The molecule has 0 spiro atoms. The monoisotopic (exact) mass is 315 g/mol. The van der Waals surface area contributed by atoms with Crippen LogP contribution in [-0.4, -0.2) is 32.2 Å². The Kier molecular flexibility index (Phi) is 4.60. The topological polar surface area (TPSA) is 60.2 Å². The number of benzene rings is 2. The van der Waals surface area contributed by atoms with Crippen molar-refractivity contribution in [3.05, 3.63) is 48.3 Å². The van der Waals surface area contributed by atoms with Crippen LogP contribution in [0, 0.1) is 0 Å². The molecule has 1 aromatic heterocycles. The lowest BCUT2D eigenvalue weighted by molar-refractivity contribution is 0.266. The number of hydrogen-bond acceptors (Lipinski definition) is 5. The molecule has 0 aliphatic heterocycles. The summed E-state index contributed by atoms with van der Waals surface area (Å²) in [5.41, 5.74) is 0. The van der Waals surface area contributed by atoms with Crippen molar-refractivity contribution in [2.24, 2.45) is 7.05 Å². The quantitative estimate of drug-likeness (QED) is 0.560. The minimum Gasteiger partial charge on any atom is -0.492 e. The predicted octanol–water partition coefficient (Wildman–Crippen LogP) is 2.63. The molecular formula is C16H17N3O2S. The van der Waals surface area contributed by atoms with Gasteiger partial charge in [-0.3, -0.25) is 0 Å². The highest BCUT2D eigenvalue weighted by Gasteiger charge is 2.08. The molecule has 2 aromatic carbocycles. The number of ether oxygens (including phenoxy) is 1. The van der Waals surface area contributed by atoms with Crippen LogP contribution in [0.1, 0.15) is 5.82 Å². The summed E-state index contributed by atoms with van der Waals surface area (Å²) in [6.45, 7) is 0.483. The van der Waals surface area contributed by atoms with E-state index in [1.165, 1.54) is 5.39 Å². The van der Waals surface area contributed by atoms with Gasteiger partial charge in [0, 0.05) is 18.2 Å². The smallest absolute Gasteiger partial charge is 0.191 e. The van der Waals surface area contributed by atoms with Gasteiger partial charge in [0.1, 0.15) is 12.4 Å². The molecule has 0 fully saturated rings. The molecule has 3 aromatic rings. The Morgan fingerprint density at radius 1 is 1.14 bits per heavy atom. The van der Waals surface area contributed by atoms with Gasteiger partial charge in [-0.25, -0.2) is 0 Å². The molecule has 1 N–H and O–H groups in total. The second kappa shape index (κ2) is 6.81. The van der Waals surface area contributed by atoms with Crippen LogP contribution in [0.15, 0.2) is 47.6 Å². The van der Waals surface area contributed by atoms with Gasteiger partial charge in [-0.05, 0) is 11.5 Å². The molecule has 114 valence electrons. The van der Waals surface area contributed by atoms with Gasteiger partial charge in [-0.1, -0.05) is 48.2 Å². The Labute approximate surface area is 132 Å². The molecular weight excluding hydrogens is 298 g/mol. The molecule has 0 bridgehead atoms. The lowest BCUT2D eigenvalue weighted by Gasteiger charge is -2.09. The average molecular weight is 315 g/mol. The van der Waals surface area contributed by atoms with Crippen LogP contribution < -0.4 is 4.74 Å². The molecule has 22 heavy (non-hydrogen) atoms. The van der Waals surface area contributed by atoms with E-state index in [4.69, 9.17) is 9.84 Å². The lowest BCUT2D eigenvalue weighted by atomic mass is 10.1. The first-order chi connectivity index (χ1) is 10.8. The van der Waals surface area contributed by atoms with Crippen molar-refractivity contribution in [3.63, 3.8) is 0 Å². The molecule has 1 heterocycles. The Morgan fingerprint density at radius 2 is 1.95 bits per heavy atom. The molecule has 0 saturated carbocycles. The molecule has 0 amide bonds. The van der Waals surface area contributed by atoms with Gasteiger partial charge < -0.3 is 14.4 Å². The first-order valence-electron chi connectivity index (χ1n) is 7.02. The summed E-state index contributed by atoms with van der Waals surface area (Å²) in [5, 5.41) is 20.1. The maximum atomic E-state index is 9.10. The first kappa shape index (κ1) is 14.9. The molecule has 0 aliphatic rings. The van der Waals surface area contributed by atoms with Gasteiger partial charge in [0.25, 0.3) is 0 Å². The summed E-state index contributed by atoms with van der Waals surface area (Å²) in [4.78, 5) is 0. The van der Waals surface area contributed by atoms with Crippen molar-refractivity contribution in [2.75, 3.05) is 12.4 Å². The standard InChI is InChI=1S/C16H17N3O2S/c1-19-15(11-20)17-18-16(19)22-10-9-21-14-8-4-6-12-5-2-3-7-13(12)14/h2-8,20H,9-11H2,1H3. The van der Waals surface area contributed by atoms with Gasteiger partial charge in [0.2, 0.25) is 0 Å². The van der Waals surface area contributed by atoms with Crippen LogP contribution in [0.25, 0.3) is 10.8 Å². The van der Waals surface area contributed by atoms with E-state index in [-0.39, 0.29) is 6.61 Å². The summed E-state index contributed by atoms with van der Waals surface area (Å²) in [6, 6.07) is 14.2. The largest absolute Gasteiger partial charge is 0.492 e. The van der Waals surface area contributed by atoms with Crippen LogP contribution in [0.4, 0.5) is 0 Å². The predicted molar refractivity (Wildman–Crippen MR) is 87.1 cm³/mol. The number of fused-ring (bicyclic) bond motifs is 1. The fraction of sp³-hybridized carbons (Fsp3) is 0.250. The number of aliphatic hydroxyl groups excluding tert-OH is 1. The zero-order chi connectivity index (χ0) is 15.4. The molecule has 5 nitrogen and oxygen atoms in total. The van der Waals surface area contributed by atoms with Crippen LogP contribution >= 0.6 is 11.8 Å². The van der Waals surface area contributed by atoms with Gasteiger partial charge >= 0.3 is 0 Å². The molecule has 6 heteroatoms. The fourth-order valence-electron chi connectivity index (χ4n) is 2.21. The van der Waals surface area contributed by atoms with Crippen molar-refractivity contribution < 1.29 is 9.84 Å². The molecule has 0 radical (unpaired) electrons. The number of nitrogens with zero attached hydrogens (tertiary/aromatic N) is 3. The van der Waals surface area contributed by atoms with Crippen LogP contribution in [-0.2, 0) is 13.7 Å². The minimum atomic E-state index is -0.101. The average Bonchev–Trinajstić information content (AvgIpc) is 2.92. The zero-order valence-electron chi connectivity index (χ0n) is 12.3. The number of hydrogen-bond donors (Lipinski definition) is 1. The Morgan fingerprint density at radius 3 is 2.77 bits per heavy atom. The third-order valence-corrected chi connectivity index (χ3v) is 4.37. The lowest BCUT2D eigenvalue weighted by Crippen LogP contribution is -2.03. The molecule has 0 saturated heterocycles. The van der Waals surface area contributed by atoms with E-state index in [9.17, 15) is 0 Å². The maximum absolute atomic E-state index is 9.10. The van der Waals surface area contributed by atoms with Crippen LogP contribution in [0.2, 0.25) is 0 Å². The minimum absolute atomic E-state index is 0.101. The Hall–Kier alpha value is -2.05. The third-order valence-electron chi connectivity index (χ3n) is 3.39. The van der Waals surface area contributed by atoms with E-state index in [0.717, 1.165) is 22.0 Å². The highest BCUT2D eigenvalue weighted by molar-refractivity contribution is 7.99. The van der Waals surface area contributed by atoms with Gasteiger partial charge in [-0.15, -0.1) is 10.2 Å². The summed E-state index contributed by atoms with van der Waals surface area (Å²) >= 11 is 1.56. The number of aromatic nitrogens is 3. The Bertz CT molecular complexity index is 768.